The van der Waals surface area contributed by atoms with Crippen LogP contribution in [-0.2, 0) is 15.6 Å². The minimum atomic E-state index is -0.226. The van der Waals surface area contributed by atoms with Gasteiger partial charge in [0.25, 0.3) is 0 Å². The average Bonchev–Trinajstić information content (AvgIpc) is 3.31. The molecule has 22 heavy (non-hydrogen) atoms. The summed E-state index contributed by atoms with van der Waals surface area (Å²) >= 11 is 0. The molecule has 1 atom stereocenters. The Bertz CT molecular complexity index is 511. The van der Waals surface area contributed by atoms with Crippen molar-refractivity contribution in [3.63, 3.8) is 0 Å². The fraction of sp³-hybridized carbons (Fsp3) is 0.786. The molecule has 126 valence electrons. The van der Waals surface area contributed by atoms with Crippen molar-refractivity contribution in [2.24, 2.45) is 8.76 Å². The van der Waals surface area contributed by atoms with Gasteiger partial charge in [-0.2, -0.15) is 4.36 Å². The van der Waals surface area contributed by atoms with Crippen LogP contribution in [0.2, 0.25) is 0 Å². The van der Waals surface area contributed by atoms with Crippen molar-refractivity contribution in [2.45, 2.75) is 31.7 Å². The fourth-order valence-corrected chi connectivity index (χ4v) is 4.16. The third-order valence-electron chi connectivity index (χ3n) is 4.41. The van der Waals surface area contributed by atoms with Crippen molar-refractivity contribution in [1.82, 2.24) is 9.80 Å². The molecule has 3 aliphatic heterocycles. The molecule has 3 heterocycles. The number of piperazine rings is 1. The minimum absolute atomic E-state index is 0. The zero-order chi connectivity index (χ0) is 13.5. The maximum atomic E-state index is 5.89. The molecule has 0 bridgehead atoms. The Morgan fingerprint density at radius 1 is 1.14 bits per heavy atom. The summed E-state index contributed by atoms with van der Waals surface area (Å²) in [7, 11) is -0.226. The van der Waals surface area contributed by atoms with Gasteiger partial charge in [-0.1, -0.05) is 0 Å². The third kappa shape index (κ3) is 3.61. The van der Waals surface area contributed by atoms with E-state index in [1.165, 1.54) is 25.9 Å². The lowest BCUT2D eigenvalue weighted by atomic mass is 10.1. The van der Waals surface area contributed by atoms with E-state index >= 15 is 0 Å². The van der Waals surface area contributed by atoms with E-state index in [1.54, 1.807) is 0 Å². The standard InChI is InChI=1S/C14H22N4OS.2ClH/c1-20-15-12-3-2-10-19-13(12)14(16-20)18-8-6-17(7-9-18)11-4-5-11;;/h11H,2-10H2,1H3;2*1H. The molecule has 8 heteroatoms. The lowest BCUT2D eigenvalue weighted by Crippen LogP contribution is -2.47. The molecule has 2 saturated heterocycles. The first-order valence-electron chi connectivity index (χ1n) is 7.63. The van der Waals surface area contributed by atoms with Gasteiger partial charge in [0, 0.05) is 49.4 Å². The Kier molecular flexibility index (Phi) is 6.16. The molecule has 4 aliphatic rings. The maximum absolute atomic E-state index is 5.89. The fourth-order valence-electron chi connectivity index (χ4n) is 3.18. The van der Waals surface area contributed by atoms with E-state index in [4.69, 9.17) is 9.10 Å². The van der Waals surface area contributed by atoms with Crippen molar-refractivity contribution in [3.05, 3.63) is 11.6 Å². The molecule has 0 radical (unpaired) electrons. The van der Waals surface area contributed by atoms with Crippen LogP contribution in [0, 0.1) is 0 Å². The van der Waals surface area contributed by atoms with E-state index in [0.29, 0.717) is 0 Å². The molecule has 3 fully saturated rings. The number of ether oxygens (including phenoxy) is 1. The molecule has 5 nitrogen and oxygen atoms in total. The molecular weight excluding hydrogens is 343 g/mol. The number of hydrogen-bond donors (Lipinski definition) is 0. The van der Waals surface area contributed by atoms with Crippen LogP contribution in [0.4, 0.5) is 0 Å². The van der Waals surface area contributed by atoms with E-state index in [2.05, 4.69) is 20.5 Å². The van der Waals surface area contributed by atoms with Crippen molar-refractivity contribution in [1.29, 1.82) is 0 Å². The predicted molar refractivity (Wildman–Crippen MR) is 96.0 cm³/mol. The molecular formula is C14H24Cl2N4OS. The van der Waals surface area contributed by atoms with Crippen LogP contribution in [0.3, 0.4) is 0 Å². The normalized spacial score (nSPS) is 28.5. The van der Waals surface area contributed by atoms with Gasteiger partial charge in [0.15, 0.2) is 11.6 Å². The second-order valence-corrected chi connectivity index (χ2v) is 7.19. The quantitative estimate of drug-likeness (QED) is 0.753. The van der Waals surface area contributed by atoms with Gasteiger partial charge in [0.05, 0.1) is 12.3 Å². The molecule has 1 saturated carbocycles. The zero-order valence-corrected chi connectivity index (χ0v) is 15.3. The summed E-state index contributed by atoms with van der Waals surface area (Å²) in [5.74, 6) is 2.05. The molecule has 0 aromatic heterocycles. The van der Waals surface area contributed by atoms with Crippen LogP contribution < -0.4 is 0 Å². The number of rotatable bonds is 2. The Hall–Kier alpha value is -0.300. The van der Waals surface area contributed by atoms with Crippen LogP contribution in [0.15, 0.2) is 20.3 Å². The largest absolute Gasteiger partial charge is 0.488 e. The van der Waals surface area contributed by atoms with Crippen LogP contribution in [0.25, 0.3) is 0 Å². The summed E-state index contributed by atoms with van der Waals surface area (Å²) in [5.41, 5.74) is 1.15. The second-order valence-electron chi connectivity index (χ2n) is 5.94. The lowest BCUT2D eigenvalue weighted by molar-refractivity contribution is 0.138. The Morgan fingerprint density at radius 3 is 2.55 bits per heavy atom. The third-order valence-corrected chi connectivity index (χ3v) is 5.33. The molecule has 4 rings (SSSR count). The molecule has 1 unspecified atom stereocenters. The van der Waals surface area contributed by atoms with E-state index in [-0.39, 0.29) is 35.7 Å². The van der Waals surface area contributed by atoms with E-state index < -0.39 is 0 Å². The molecule has 0 amide bonds. The predicted octanol–water partition coefficient (Wildman–Crippen LogP) is 2.39. The van der Waals surface area contributed by atoms with Gasteiger partial charge in [-0.3, -0.25) is 4.90 Å². The first kappa shape index (κ1) is 18.0. The Morgan fingerprint density at radius 2 is 1.86 bits per heavy atom. The Labute approximate surface area is 147 Å². The highest BCUT2D eigenvalue weighted by Gasteiger charge is 2.33. The molecule has 0 spiro atoms. The first-order valence-corrected chi connectivity index (χ1v) is 9.18. The highest BCUT2D eigenvalue weighted by molar-refractivity contribution is 7.85. The average molecular weight is 367 g/mol. The van der Waals surface area contributed by atoms with Gasteiger partial charge >= 0.3 is 0 Å². The number of allylic oxidation sites excluding steroid dienone is 1. The Balaban J connectivity index is 0.000000882. The van der Waals surface area contributed by atoms with E-state index in [1.807, 2.05) is 0 Å². The van der Waals surface area contributed by atoms with Crippen molar-refractivity contribution in [3.8, 4) is 0 Å². The van der Waals surface area contributed by atoms with E-state index in [9.17, 15) is 0 Å². The van der Waals surface area contributed by atoms with Crippen LogP contribution in [0.5, 0.6) is 0 Å². The van der Waals surface area contributed by atoms with Gasteiger partial charge in [-0.25, -0.2) is 4.40 Å². The van der Waals surface area contributed by atoms with Gasteiger partial charge in [-0.05, 0) is 25.7 Å². The summed E-state index contributed by atoms with van der Waals surface area (Å²) in [4.78, 5) is 5.05. The summed E-state index contributed by atoms with van der Waals surface area (Å²) < 4.78 is 15.3. The van der Waals surface area contributed by atoms with Gasteiger partial charge in [-0.15, -0.1) is 24.8 Å². The van der Waals surface area contributed by atoms with Crippen LogP contribution in [0.1, 0.15) is 25.7 Å². The van der Waals surface area contributed by atoms with Gasteiger partial charge in [0.2, 0.25) is 0 Å². The molecule has 0 N–H and O–H groups in total. The topological polar surface area (TPSA) is 40.4 Å². The summed E-state index contributed by atoms with van der Waals surface area (Å²) in [6.07, 6.45) is 7.03. The summed E-state index contributed by atoms with van der Waals surface area (Å²) in [5, 5.41) is 0. The first-order chi connectivity index (χ1) is 9.81. The molecule has 0 aromatic carbocycles. The number of fused-ring (bicyclic) bond motifs is 1. The number of hydrogen-bond acceptors (Lipinski definition) is 5. The van der Waals surface area contributed by atoms with Crippen LogP contribution in [-0.4, -0.2) is 60.6 Å². The molecule has 0 aromatic rings. The lowest BCUT2D eigenvalue weighted by Gasteiger charge is -2.37. The highest BCUT2D eigenvalue weighted by atomic mass is 35.5. The minimum Gasteiger partial charge on any atom is -0.488 e. The summed E-state index contributed by atoms with van der Waals surface area (Å²) in [6, 6.07) is 0.877. The zero-order valence-electron chi connectivity index (χ0n) is 12.9. The van der Waals surface area contributed by atoms with Crippen molar-refractivity contribution in [2.75, 3.05) is 39.0 Å². The van der Waals surface area contributed by atoms with Gasteiger partial charge in [0.1, 0.15) is 0 Å². The summed E-state index contributed by atoms with van der Waals surface area (Å²) in [6.45, 7) is 5.30. The monoisotopic (exact) mass is 366 g/mol. The SMILES string of the molecule is CS1=NC(N2CCN(C3CC3)CC2)=C2OCCCC2=N1.Cl.Cl. The molecule has 1 aliphatic carbocycles. The smallest absolute Gasteiger partial charge is 0.184 e. The van der Waals surface area contributed by atoms with Gasteiger partial charge < -0.3 is 9.64 Å². The van der Waals surface area contributed by atoms with Crippen molar-refractivity contribution < 1.29 is 4.74 Å². The number of halogens is 2. The van der Waals surface area contributed by atoms with Crippen molar-refractivity contribution >= 4 is 41.4 Å². The second kappa shape index (κ2) is 7.51. The highest BCUT2D eigenvalue weighted by Crippen LogP contribution is 2.30. The number of nitrogens with zero attached hydrogens (tertiary/aromatic N) is 4. The van der Waals surface area contributed by atoms with Crippen LogP contribution >= 0.6 is 24.8 Å². The van der Waals surface area contributed by atoms with E-state index in [0.717, 1.165) is 55.9 Å². The maximum Gasteiger partial charge on any atom is 0.184 e.